The Morgan fingerprint density at radius 3 is 2.43 bits per heavy atom. The molecule has 124 valence electrons. The Balaban J connectivity index is 1.86. The minimum atomic E-state index is -3.06. The molecule has 1 unspecified atom stereocenters. The molecule has 0 saturated carbocycles. The van der Waals surface area contributed by atoms with Gasteiger partial charge in [-0.2, -0.15) is 8.78 Å². The number of halogens is 3. The highest BCUT2D eigenvalue weighted by Crippen LogP contribution is 2.20. The third-order valence-electron chi connectivity index (χ3n) is 3.34. The van der Waals surface area contributed by atoms with Crippen LogP contribution in [0.4, 0.5) is 13.2 Å². The highest BCUT2D eigenvalue weighted by Gasteiger charge is 2.11. The normalized spacial score (nSPS) is 12.4. The van der Waals surface area contributed by atoms with Crippen molar-refractivity contribution in [3.8, 4) is 5.75 Å². The summed E-state index contributed by atoms with van der Waals surface area (Å²) in [5, 5.41) is 13.0. The Kier molecular flexibility index (Phi) is 6.01. The molecule has 0 aliphatic carbocycles. The van der Waals surface area contributed by atoms with Gasteiger partial charge in [0.15, 0.2) is 11.6 Å². The fraction of sp³-hybridized carbons (Fsp3) is 0.294. The van der Waals surface area contributed by atoms with E-state index < -0.39 is 24.3 Å². The lowest BCUT2D eigenvalue weighted by molar-refractivity contribution is -0.0522. The van der Waals surface area contributed by atoms with Gasteiger partial charge in [0.25, 0.3) is 0 Å². The number of nitrogens with one attached hydrogen (secondary N) is 1. The zero-order valence-corrected chi connectivity index (χ0v) is 12.6. The molecule has 0 aromatic heterocycles. The van der Waals surface area contributed by atoms with Crippen molar-refractivity contribution in [1.29, 1.82) is 0 Å². The first-order valence-corrected chi connectivity index (χ1v) is 7.14. The third kappa shape index (κ3) is 5.26. The van der Waals surface area contributed by atoms with Crippen molar-refractivity contribution in [2.45, 2.75) is 26.2 Å². The van der Waals surface area contributed by atoms with Crippen LogP contribution in [0.2, 0.25) is 0 Å². The van der Waals surface area contributed by atoms with Crippen molar-refractivity contribution >= 4 is 0 Å². The van der Waals surface area contributed by atoms with Crippen molar-refractivity contribution in [3.63, 3.8) is 0 Å². The van der Waals surface area contributed by atoms with E-state index in [-0.39, 0.29) is 0 Å². The second-order valence-corrected chi connectivity index (χ2v) is 5.20. The zero-order chi connectivity index (χ0) is 16.8. The maximum absolute atomic E-state index is 13.6. The topological polar surface area (TPSA) is 41.5 Å². The summed E-state index contributed by atoms with van der Waals surface area (Å²) >= 11 is 0. The van der Waals surface area contributed by atoms with Gasteiger partial charge in [-0.15, -0.1) is 0 Å². The van der Waals surface area contributed by atoms with Crippen LogP contribution in [0, 0.1) is 12.7 Å². The van der Waals surface area contributed by atoms with Gasteiger partial charge in [-0.05, 0) is 30.2 Å². The van der Waals surface area contributed by atoms with Crippen LogP contribution in [0.5, 0.6) is 5.75 Å². The summed E-state index contributed by atoms with van der Waals surface area (Å²) in [6.45, 7) is -0.503. The van der Waals surface area contributed by atoms with Crippen LogP contribution >= 0.6 is 0 Å². The number of hydrogen-bond donors (Lipinski definition) is 2. The summed E-state index contributed by atoms with van der Waals surface area (Å²) in [6, 6.07) is 11.3. The molecule has 0 radical (unpaired) electrons. The zero-order valence-electron chi connectivity index (χ0n) is 12.6. The lowest BCUT2D eigenvalue weighted by Crippen LogP contribution is -2.21. The van der Waals surface area contributed by atoms with Crippen LogP contribution in [0.1, 0.15) is 22.8 Å². The van der Waals surface area contributed by atoms with E-state index in [0.717, 1.165) is 23.3 Å². The molecule has 1 atom stereocenters. The quantitative estimate of drug-likeness (QED) is 0.818. The molecule has 2 aromatic carbocycles. The molecular weight excluding hydrogens is 307 g/mol. The van der Waals surface area contributed by atoms with Gasteiger partial charge in [-0.1, -0.05) is 35.9 Å². The van der Waals surface area contributed by atoms with Crippen molar-refractivity contribution in [2.24, 2.45) is 0 Å². The lowest BCUT2D eigenvalue weighted by Gasteiger charge is -2.13. The van der Waals surface area contributed by atoms with E-state index in [1.54, 1.807) is 0 Å². The number of aliphatic hydroxyl groups excluding tert-OH is 1. The number of ether oxygens (including phenoxy) is 1. The molecule has 0 amide bonds. The fourth-order valence-electron chi connectivity index (χ4n) is 2.11. The highest BCUT2D eigenvalue weighted by molar-refractivity contribution is 5.29. The van der Waals surface area contributed by atoms with Crippen LogP contribution in [0.25, 0.3) is 0 Å². The Hall–Kier alpha value is -2.05. The van der Waals surface area contributed by atoms with Gasteiger partial charge in [-0.25, -0.2) is 4.39 Å². The van der Waals surface area contributed by atoms with Gasteiger partial charge < -0.3 is 15.2 Å². The molecule has 0 aliphatic rings. The van der Waals surface area contributed by atoms with Crippen molar-refractivity contribution in [1.82, 2.24) is 5.32 Å². The largest absolute Gasteiger partial charge is 0.432 e. The van der Waals surface area contributed by atoms with Crippen LogP contribution in [0.15, 0.2) is 42.5 Å². The second kappa shape index (κ2) is 7.99. The summed E-state index contributed by atoms with van der Waals surface area (Å²) in [6.07, 6.45) is -0.679. The van der Waals surface area contributed by atoms with E-state index in [1.807, 2.05) is 31.2 Å². The predicted molar refractivity (Wildman–Crippen MR) is 80.9 cm³/mol. The van der Waals surface area contributed by atoms with Crippen molar-refractivity contribution in [3.05, 3.63) is 65.0 Å². The van der Waals surface area contributed by atoms with Crippen LogP contribution in [-0.2, 0) is 6.54 Å². The molecule has 6 heteroatoms. The van der Waals surface area contributed by atoms with Gasteiger partial charge in [0, 0.05) is 13.1 Å². The Morgan fingerprint density at radius 2 is 1.83 bits per heavy atom. The molecule has 0 spiro atoms. The molecule has 0 aliphatic heterocycles. The Labute approximate surface area is 132 Å². The minimum absolute atomic E-state index is 0.292. The minimum Gasteiger partial charge on any atom is -0.432 e. The first kappa shape index (κ1) is 17.3. The molecule has 0 fully saturated rings. The smallest absolute Gasteiger partial charge is 0.387 e. The molecule has 0 heterocycles. The molecule has 2 aromatic rings. The van der Waals surface area contributed by atoms with Gasteiger partial charge >= 0.3 is 6.61 Å². The van der Waals surface area contributed by atoms with Gasteiger partial charge in [0.1, 0.15) is 0 Å². The molecule has 0 saturated heterocycles. The summed E-state index contributed by atoms with van der Waals surface area (Å²) < 4.78 is 41.7. The molecule has 3 nitrogen and oxygen atoms in total. The van der Waals surface area contributed by atoms with Crippen LogP contribution in [-0.4, -0.2) is 18.3 Å². The standard InChI is InChI=1S/C17H18F3NO2/c1-11-2-5-13(6-3-11)15(22)10-21-9-12-4-7-16(14(18)8-12)23-17(19)20/h2-8,15,17,21-22H,9-10H2,1H3. The average Bonchev–Trinajstić information content (AvgIpc) is 2.50. The van der Waals surface area contributed by atoms with Gasteiger partial charge in [0.05, 0.1) is 6.10 Å². The molecule has 23 heavy (non-hydrogen) atoms. The number of hydrogen-bond acceptors (Lipinski definition) is 3. The highest BCUT2D eigenvalue weighted by atomic mass is 19.3. The SMILES string of the molecule is Cc1ccc(C(O)CNCc2ccc(OC(F)F)c(F)c2)cc1. The first-order valence-electron chi connectivity index (χ1n) is 7.14. The number of rotatable bonds is 7. The number of alkyl halides is 2. The monoisotopic (exact) mass is 325 g/mol. The van der Waals surface area contributed by atoms with E-state index in [9.17, 15) is 18.3 Å². The molecular formula is C17H18F3NO2. The second-order valence-electron chi connectivity index (χ2n) is 5.20. The summed E-state index contributed by atoms with van der Waals surface area (Å²) in [5.41, 5.74) is 2.46. The number of aryl methyl sites for hydroxylation is 1. The maximum atomic E-state index is 13.6. The van der Waals surface area contributed by atoms with E-state index >= 15 is 0 Å². The predicted octanol–water partition coefficient (Wildman–Crippen LogP) is 3.56. The fourth-order valence-corrected chi connectivity index (χ4v) is 2.11. The van der Waals surface area contributed by atoms with Crippen LogP contribution in [0.3, 0.4) is 0 Å². The molecule has 2 rings (SSSR count). The van der Waals surface area contributed by atoms with Crippen LogP contribution < -0.4 is 10.1 Å². The van der Waals surface area contributed by atoms with E-state index in [0.29, 0.717) is 18.7 Å². The van der Waals surface area contributed by atoms with Gasteiger partial charge in [-0.3, -0.25) is 0 Å². The number of aliphatic hydroxyl groups is 1. The Morgan fingerprint density at radius 1 is 1.13 bits per heavy atom. The number of benzene rings is 2. The van der Waals surface area contributed by atoms with Gasteiger partial charge in [0.2, 0.25) is 0 Å². The molecule has 2 N–H and O–H groups in total. The Bertz CT molecular complexity index is 632. The van der Waals surface area contributed by atoms with Crippen molar-refractivity contribution < 1.29 is 23.0 Å². The average molecular weight is 325 g/mol. The lowest BCUT2D eigenvalue weighted by atomic mass is 10.1. The van der Waals surface area contributed by atoms with Crippen molar-refractivity contribution in [2.75, 3.05) is 6.54 Å². The van der Waals surface area contributed by atoms with E-state index in [2.05, 4.69) is 10.1 Å². The summed E-state index contributed by atoms with van der Waals surface area (Å²) in [4.78, 5) is 0. The molecule has 0 bridgehead atoms. The first-order chi connectivity index (χ1) is 11.0. The summed E-state index contributed by atoms with van der Waals surface area (Å²) in [5.74, 6) is -1.33. The van der Waals surface area contributed by atoms with E-state index in [4.69, 9.17) is 0 Å². The van der Waals surface area contributed by atoms with E-state index in [1.165, 1.54) is 6.07 Å². The maximum Gasteiger partial charge on any atom is 0.387 e. The summed E-state index contributed by atoms with van der Waals surface area (Å²) in [7, 11) is 0. The third-order valence-corrected chi connectivity index (χ3v) is 3.34.